The lowest BCUT2D eigenvalue weighted by Gasteiger charge is -2.29. The molecule has 2 aliphatic heterocycles. The van der Waals surface area contributed by atoms with Crippen molar-refractivity contribution in [3.63, 3.8) is 0 Å². The van der Waals surface area contributed by atoms with Gasteiger partial charge in [0.1, 0.15) is 0 Å². The monoisotopic (exact) mass is 348 g/mol. The zero-order valence-electron chi connectivity index (χ0n) is 14.1. The van der Waals surface area contributed by atoms with Gasteiger partial charge in [-0.05, 0) is 23.6 Å². The number of anilines is 1. The average Bonchev–Trinajstić information content (AvgIpc) is 2.94. The molecule has 2 aliphatic rings. The smallest absolute Gasteiger partial charge is 0.223 e. The van der Waals surface area contributed by atoms with Crippen molar-refractivity contribution in [1.29, 1.82) is 0 Å². The Morgan fingerprint density at radius 3 is 2.62 bits per heavy atom. The highest BCUT2D eigenvalue weighted by molar-refractivity contribution is 8.13. The SMILES string of the molecule is CC(=O)SCC1CC(=O)N(Cc2ccc(N3CCOCC3)cc2)C1. The Morgan fingerprint density at radius 1 is 1.25 bits per heavy atom. The average molecular weight is 348 g/mol. The lowest BCUT2D eigenvalue weighted by Crippen LogP contribution is -2.36. The van der Waals surface area contributed by atoms with Crippen molar-refractivity contribution in [3.05, 3.63) is 29.8 Å². The van der Waals surface area contributed by atoms with E-state index in [0.29, 0.717) is 18.9 Å². The minimum Gasteiger partial charge on any atom is -0.378 e. The molecule has 2 heterocycles. The first kappa shape index (κ1) is 17.3. The number of ether oxygens (including phenoxy) is 1. The molecule has 3 rings (SSSR count). The molecule has 0 saturated carbocycles. The van der Waals surface area contributed by atoms with Crippen LogP contribution in [0.2, 0.25) is 0 Å². The number of benzene rings is 1. The van der Waals surface area contributed by atoms with E-state index in [9.17, 15) is 9.59 Å². The number of thioether (sulfide) groups is 1. The van der Waals surface area contributed by atoms with Crippen LogP contribution in [0.3, 0.4) is 0 Å². The van der Waals surface area contributed by atoms with Gasteiger partial charge in [-0.25, -0.2) is 0 Å². The minimum atomic E-state index is 0.125. The van der Waals surface area contributed by atoms with Crippen molar-refractivity contribution in [2.24, 2.45) is 5.92 Å². The number of nitrogens with zero attached hydrogens (tertiary/aromatic N) is 2. The fourth-order valence-electron chi connectivity index (χ4n) is 3.21. The van der Waals surface area contributed by atoms with Crippen molar-refractivity contribution in [2.75, 3.05) is 43.5 Å². The molecular formula is C18H24N2O3S. The molecule has 0 aromatic heterocycles. The fraction of sp³-hybridized carbons (Fsp3) is 0.556. The number of hydrogen-bond donors (Lipinski definition) is 0. The zero-order valence-corrected chi connectivity index (χ0v) is 14.9. The summed E-state index contributed by atoms with van der Waals surface area (Å²) >= 11 is 1.32. The van der Waals surface area contributed by atoms with E-state index in [-0.39, 0.29) is 11.0 Å². The maximum absolute atomic E-state index is 12.2. The van der Waals surface area contributed by atoms with E-state index in [1.54, 1.807) is 6.92 Å². The molecule has 1 atom stereocenters. The summed E-state index contributed by atoms with van der Waals surface area (Å²) in [5, 5.41) is 0.125. The van der Waals surface area contributed by atoms with E-state index in [0.717, 1.165) is 44.2 Å². The Labute approximate surface area is 147 Å². The van der Waals surface area contributed by atoms with Gasteiger partial charge >= 0.3 is 0 Å². The summed E-state index contributed by atoms with van der Waals surface area (Å²) in [6, 6.07) is 8.47. The molecule has 130 valence electrons. The molecule has 0 spiro atoms. The first-order valence-electron chi connectivity index (χ1n) is 8.44. The molecule has 6 heteroatoms. The first-order valence-corrected chi connectivity index (χ1v) is 9.43. The highest BCUT2D eigenvalue weighted by atomic mass is 32.2. The van der Waals surface area contributed by atoms with E-state index >= 15 is 0 Å². The van der Waals surface area contributed by atoms with E-state index in [1.807, 2.05) is 4.90 Å². The van der Waals surface area contributed by atoms with Crippen LogP contribution >= 0.6 is 11.8 Å². The lowest BCUT2D eigenvalue weighted by molar-refractivity contribution is -0.128. The molecule has 0 N–H and O–H groups in total. The van der Waals surface area contributed by atoms with Crippen LogP contribution in [0, 0.1) is 5.92 Å². The molecule has 24 heavy (non-hydrogen) atoms. The molecule has 0 aliphatic carbocycles. The summed E-state index contributed by atoms with van der Waals surface area (Å²) < 4.78 is 5.38. The predicted molar refractivity (Wildman–Crippen MR) is 96.1 cm³/mol. The van der Waals surface area contributed by atoms with Crippen LogP contribution in [0.4, 0.5) is 5.69 Å². The molecular weight excluding hydrogens is 324 g/mol. The Hall–Kier alpha value is -1.53. The third-order valence-electron chi connectivity index (χ3n) is 4.50. The van der Waals surface area contributed by atoms with Crippen molar-refractivity contribution < 1.29 is 14.3 Å². The number of morpholine rings is 1. The number of carbonyl (C=O) groups excluding carboxylic acids is 2. The van der Waals surface area contributed by atoms with Crippen molar-refractivity contribution in [3.8, 4) is 0 Å². The van der Waals surface area contributed by atoms with Gasteiger partial charge in [0.05, 0.1) is 13.2 Å². The first-order chi connectivity index (χ1) is 11.6. The number of rotatable bonds is 5. The van der Waals surface area contributed by atoms with E-state index in [4.69, 9.17) is 4.74 Å². The minimum absolute atomic E-state index is 0.125. The maximum Gasteiger partial charge on any atom is 0.223 e. The van der Waals surface area contributed by atoms with E-state index in [2.05, 4.69) is 29.2 Å². The highest BCUT2D eigenvalue weighted by Gasteiger charge is 2.29. The summed E-state index contributed by atoms with van der Waals surface area (Å²) in [5.41, 5.74) is 2.37. The number of amides is 1. The van der Waals surface area contributed by atoms with Crippen molar-refractivity contribution in [1.82, 2.24) is 4.90 Å². The Kier molecular flexibility index (Phi) is 5.79. The summed E-state index contributed by atoms with van der Waals surface area (Å²) in [5.74, 6) is 1.23. The van der Waals surface area contributed by atoms with Crippen LogP contribution in [0.25, 0.3) is 0 Å². The largest absolute Gasteiger partial charge is 0.378 e. The second kappa shape index (κ2) is 8.03. The van der Waals surface area contributed by atoms with Gasteiger partial charge in [-0.3, -0.25) is 9.59 Å². The second-order valence-corrected chi connectivity index (χ2v) is 7.61. The standard InChI is InChI=1S/C18H24N2O3S/c1-14(21)24-13-16-10-18(22)20(12-16)11-15-2-4-17(5-3-15)19-6-8-23-9-7-19/h2-5,16H,6-13H2,1H3. The van der Waals surface area contributed by atoms with Gasteiger partial charge in [-0.2, -0.15) is 0 Å². The Bertz CT molecular complexity index is 584. The summed E-state index contributed by atoms with van der Waals surface area (Å²) in [6.07, 6.45) is 0.562. The maximum atomic E-state index is 12.2. The van der Waals surface area contributed by atoms with Crippen LogP contribution in [0.15, 0.2) is 24.3 Å². The van der Waals surface area contributed by atoms with Crippen LogP contribution in [0.5, 0.6) is 0 Å². The molecule has 0 bridgehead atoms. The van der Waals surface area contributed by atoms with Gasteiger partial charge in [-0.1, -0.05) is 23.9 Å². The van der Waals surface area contributed by atoms with E-state index < -0.39 is 0 Å². The van der Waals surface area contributed by atoms with Crippen molar-refractivity contribution in [2.45, 2.75) is 19.9 Å². The number of likely N-dealkylation sites (tertiary alicyclic amines) is 1. The molecule has 2 fully saturated rings. The quantitative estimate of drug-likeness (QED) is 0.816. The third-order valence-corrected chi connectivity index (χ3v) is 5.55. The van der Waals surface area contributed by atoms with Crippen molar-refractivity contribution >= 4 is 28.5 Å². The van der Waals surface area contributed by atoms with Gasteiger partial charge in [0.15, 0.2) is 5.12 Å². The summed E-state index contributed by atoms with van der Waals surface area (Å²) in [4.78, 5) is 27.5. The highest BCUT2D eigenvalue weighted by Crippen LogP contribution is 2.24. The zero-order chi connectivity index (χ0) is 16.9. The molecule has 0 radical (unpaired) electrons. The van der Waals surface area contributed by atoms with Gasteiger partial charge in [0.2, 0.25) is 5.91 Å². The summed E-state index contributed by atoms with van der Waals surface area (Å²) in [7, 11) is 0. The molecule has 1 amide bonds. The summed E-state index contributed by atoms with van der Waals surface area (Å²) in [6.45, 7) is 6.41. The number of hydrogen-bond acceptors (Lipinski definition) is 5. The van der Waals surface area contributed by atoms with Crippen LogP contribution in [0.1, 0.15) is 18.9 Å². The fourth-order valence-corrected chi connectivity index (χ4v) is 3.90. The van der Waals surface area contributed by atoms with Gasteiger partial charge in [0.25, 0.3) is 0 Å². The Morgan fingerprint density at radius 2 is 1.96 bits per heavy atom. The molecule has 1 aromatic rings. The van der Waals surface area contributed by atoms with Crippen LogP contribution in [-0.2, 0) is 20.9 Å². The molecule has 2 saturated heterocycles. The number of carbonyl (C=O) groups is 2. The molecule has 1 aromatic carbocycles. The molecule has 5 nitrogen and oxygen atoms in total. The molecule has 1 unspecified atom stereocenters. The lowest BCUT2D eigenvalue weighted by atomic mass is 10.1. The van der Waals surface area contributed by atoms with Crippen LogP contribution in [-0.4, -0.2) is 54.5 Å². The van der Waals surface area contributed by atoms with Gasteiger partial charge < -0.3 is 14.5 Å². The van der Waals surface area contributed by atoms with E-state index in [1.165, 1.54) is 17.4 Å². The van der Waals surface area contributed by atoms with Crippen LogP contribution < -0.4 is 4.90 Å². The third kappa shape index (κ3) is 4.51. The van der Waals surface area contributed by atoms with Gasteiger partial charge in [0, 0.05) is 51.0 Å². The normalized spacial score (nSPS) is 21.4. The van der Waals surface area contributed by atoms with Gasteiger partial charge in [-0.15, -0.1) is 0 Å². The predicted octanol–water partition coefficient (Wildman–Crippen LogP) is 2.15. The Balaban J connectivity index is 1.54. The second-order valence-electron chi connectivity index (χ2n) is 6.41. The topological polar surface area (TPSA) is 49.9 Å².